The Kier molecular flexibility index (Phi) is 6.66. The van der Waals surface area contributed by atoms with Gasteiger partial charge in [-0.3, -0.25) is 4.79 Å². The van der Waals surface area contributed by atoms with Gasteiger partial charge in [0.1, 0.15) is 0 Å². The van der Waals surface area contributed by atoms with Crippen LogP contribution in [0.15, 0.2) is 24.3 Å². The number of benzene rings is 1. The van der Waals surface area contributed by atoms with Crippen LogP contribution in [-0.2, 0) is 22.1 Å². The minimum Gasteiger partial charge on any atom is -0.469 e. The lowest BCUT2D eigenvalue weighted by atomic mass is 9.96. The van der Waals surface area contributed by atoms with Crippen LogP contribution in [0.25, 0.3) is 0 Å². The van der Waals surface area contributed by atoms with Crippen LogP contribution >= 0.6 is 0 Å². The van der Waals surface area contributed by atoms with E-state index in [9.17, 15) is 18.0 Å². The fraction of sp³-hybridized carbons (Fsp3) is 0.611. The van der Waals surface area contributed by atoms with Crippen LogP contribution in [0.5, 0.6) is 0 Å². The average Bonchev–Trinajstić information content (AvgIpc) is 2.58. The van der Waals surface area contributed by atoms with Crippen LogP contribution in [0, 0.1) is 5.92 Å². The summed E-state index contributed by atoms with van der Waals surface area (Å²) in [5, 5.41) is 0. The number of hydrogen-bond donors (Lipinski definition) is 0. The van der Waals surface area contributed by atoms with Crippen molar-refractivity contribution in [2.45, 2.75) is 38.3 Å². The Morgan fingerprint density at radius 1 is 1.21 bits per heavy atom. The molecule has 24 heavy (non-hydrogen) atoms. The molecule has 0 radical (unpaired) electrons. The number of rotatable bonds is 6. The largest absolute Gasteiger partial charge is 0.469 e. The summed E-state index contributed by atoms with van der Waals surface area (Å²) in [6, 6.07) is 5.79. The standard InChI is InChI=1S/C18H24F3NO2/c1-24-17(23)15-9-12-22(13-10-15)11-5-4-7-14-6-2-3-8-16(14)18(19,20)21/h2-3,6,8,15H,4-5,7,9-13H2,1H3. The number of piperidine rings is 1. The molecule has 0 amide bonds. The molecule has 1 aliphatic rings. The van der Waals surface area contributed by atoms with Crippen molar-refractivity contribution < 1.29 is 22.7 Å². The number of likely N-dealkylation sites (tertiary alicyclic amines) is 1. The van der Waals surface area contributed by atoms with Crippen LogP contribution < -0.4 is 0 Å². The van der Waals surface area contributed by atoms with Crippen molar-refractivity contribution >= 4 is 5.97 Å². The lowest BCUT2D eigenvalue weighted by Gasteiger charge is -2.30. The molecule has 0 aliphatic carbocycles. The van der Waals surface area contributed by atoms with Crippen LogP contribution in [0.3, 0.4) is 0 Å². The van der Waals surface area contributed by atoms with E-state index in [1.165, 1.54) is 13.2 Å². The maximum absolute atomic E-state index is 12.9. The van der Waals surface area contributed by atoms with E-state index in [1.54, 1.807) is 12.1 Å². The molecular weight excluding hydrogens is 319 g/mol. The third-order valence-corrected chi connectivity index (χ3v) is 4.62. The maximum Gasteiger partial charge on any atom is 0.416 e. The molecule has 0 saturated carbocycles. The molecule has 6 heteroatoms. The molecule has 0 N–H and O–H groups in total. The van der Waals surface area contributed by atoms with E-state index in [-0.39, 0.29) is 11.9 Å². The smallest absolute Gasteiger partial charge is 0.416 e. The van der Waals surface area contributed by atoms with Gasteiger partial charge < -0.3 is 9.64 Å². The number of ether oxygens (including phenoxy) is 1. The zero-order valence-corrected chi connectivity index (χ0v) is 13.9. The monoisotopic (exact) mass is 343 g/mol. The first-order valence-corrected chi connectivity index (χ1v) is 8.37. The van der Waals surface area contributed by atoms with Gasteiger partial charge in [0.25, 0.3) is 0 Å². The summed E-state index contributed by atoms with van der Waals surface area (Å²) >= 11 is 0. The molecule has 2 rings (SSSR count). The molecule has 1 saturated heterocycles. The van der Waals surface area contributed by atoms with E-state index in [2.05, 4.69) is 4.90 Å². The molecule has 134 valence electrons. The summed E-state index contributed by atoms with van der Waals surface area (Å²) in [5.74, 6) is -0.150. The lowest BCUT2D eigenvalue weighted by molar-refractivity contribution is -0.147. The number of carbonyl (C=O) groups excluding carboxylic acids is 1. The number of methoxy groups -OCH3 is 1. The third kappa shape index (κ3) is 5.23. The van der Waals surface area contributed by atoms with Crippen molar-refractivity contribution in [1.82, 2.24) is 4.90 Å². The quantitative estimate of drug-likeness (QED) is 0.579. The number of hydrogen-bond acceptors (Lipinski definition) is 3. The predicted octanol–water partition coefficient (Wildman–Crippen LogP) is 3.91. The van der Waals surface area contributed by atoms with Gasteiger partial charge in [0.05, 0.1) is 18.6 Å². The Hall–Kier alpha value is -1.56. The Morgan fingerprint density at radius 3 is 2.50 bits per heavy atom. The first-order chi connectivity index (χ1) is 11.4. The number of alkyl halides is 3. The summed E-state index contributed by atoms with van der Waals surface area (Å²) in [5.41, 5.74) is -0.154. The van der Waals surface area contributed by atoms with Crippen molar-refractivity contribution in [3.63, 3.8) is 0 Å². The molecule has 0 bridgehead atoms. The number of aryl methyl sites for hydroxylation is 1. The number of carbonyl (C=O) groups is 1. The van der Waals surface area contributed by atoms with E-state index in [4.69, 9.17) is 4.74 Å². The molecule has 1 aliphatic heterocycles. The third-order valence-electron chi connectivity index (χ3n) is 4.62. The molecule has 1 aromatic rings. The van der Waals surface area contributed by atoms with Crippen molar-refractivity contribution in [2.75, 3.05) is 26.7 Å². The fourth-order valence-corrected chi connectivity index (χ4v) is 3.22. The molecule has 3 nitrogen and oxygen atoms in total. The Labute approximate surface area is 140 Å². The van der Waals surface area contributed by atoms with Crippen molar-refractivity contribution in [3.05, 3.63) is 35.4 Å². The summed E-state index contributed by atoms with van der Waals surface area (Å²) in [6.45, 7) is 2.56. The Bertz CT molecular complexity index is 537. The molecule has 1 heterocycles. The highest BCUT2D eigenvalue weighted by Crippen LogP contribution is 2.32. The fourth-order valence-electron chi connectivity index (χ4n) is 3.22. The minimum absolute atomic E-state index is 0.00934. The summed E-state index contributed by atoms with van der Waals surface area (Å²) < 4.78 is 43.6. The highest BCUT2D eigenvalue weighted by molar-refractivity contribution is 5.72. The Balaban J connectivity index is 1.72. The van der Waals surface area contributed by atoms with Crippen LogP contribution in [0.1, 0.15) is 36.8 Å². The molecule has 0 spiro atoms. The van der Waals surface area contributed by atoms with Gasteiger partial charge in [-0.2, -0.15) is 13.2 Å². The number of unbranched alkanes of at least 4 members (excludes halogenated alkanes) is 1. The second-order valence-corrected chi connectivity index (χ2v) is 6.25. The highest BCUT2D eigenvalue weighted by Gasteiger charge is 2.32. The Morgan fingerprint density at radius 2 is 1.88 bits per heavy atom. The maximum atomic E-state index is 12.9. The van der Waals surface area contributed by atoms with Crippen molar-refractivity contribution in [3.8, 4) is 0 Å². The van der Waals surface area contributed by atoms with Gasteiger partial charge in [-0.05, 0) is 63.4 Å². The van der Waals surface area contributed by atoms with Gasteiger partial charge in [0.2, 0.25) is 0 Å². The van der Waals surface area contributed by atoms with Crippen LogP contribution in [0.4, 0.5) is 13.2 Å². The van der Waals surface area contributed by atoms with Gasteiger partial charge in [0, 0.05) is 0 Å². The predicted molar refractivity (Wildman–Crippen MR) is 85.6 cm³/mol. The number of esters is 1. The molecular formula is C18H24F3NO2. The van der Waals surface area contributed by atoms with E-state index < -0.39 is 11.7 Å². The van der Waals surface area contributed by atoms with E-state index in [1.807, 2.05) is 0 Å². The summed E-state index contributed by atoms with van der Waals surface area (Å²) in [4.78, 5) is 13.7. The van der Waals surface area contributed by atoms with Gasteiger partial charge in [-0.1, -0.05) is 18.2 Å². The summed E-state index contributed by atoms with van der Waals surface area (Å²) in [7, 11) is 1.41. The van der Waals surface area contributed by atoms with Gasteiger partial charge in [-0.25, -0.2) is 0 Å². The first kappa shape index (κ1) is 18.8. The van der Waals surface area contributed by atoms with Crippen LogP contribution in [0.2, 0.25) is 0 Å². The topological polar surface area (TPSA) is 29.5 Å². The molecule has 0 unspecified atom stereocenters. The minimum atomic E-state index is -4.29. The molecule has 0 atom stereocenters. The van der Waals surface area contributed by atoms with Gasteiger partial charge in [-0.15, -0.1) is 0 Å². The van der Waals surface area contributed by atoms with Crippen molar-refractivity contribution in [1.29, 1.82) is 0 Å². The second kappa shape index (κ2) is 8.51. The average molecular weight is 343 g/mol. The molecule has 1 aromatic carbocycles. The number of halogens is 3. The molecule has 0 aromatic heterocycles. The SMILES string of the molecule is COC(=O)C1CCN(CCCCc2ccccc2C(F)(F)F)CC1. The van der Waals surface area contributed by atoms with Crippen LogP contribution in [-0.4, -0.2) is 37.6 Å². The van der Waals surface area contributed by atoms with Gasteiger partial charge >= 0.3 is 12.1 Å². The summed E-state index contributed by atoms with van der Waals surface area (Å²) in [6.07, 6.45) is -0.674. The second-order valence-electron chi connectivity index (χ2n) is 6.25. The van der Waals surface area contributed by atoms with E-state index in [0.29, 0.717) is 12.0 Å². The zero-order chi connectivity index (χ0) is 17.6. The highest BCUT2D eigenvalue weighted by atomic mass is 19.4. The van der Waals surface area contributed by atoms with E-state index >= 15 is 0 Å². The first-order valence-electron chi connectivity index (χ1n) is 8.37. The van der Waals surface area contributed by atoms with E-state index in [0.717, 1.165) is 51.4 Å². The lowest BCUT2D eigenvalue weighted by Crippen LogP contribution is -2.37. The molecule has 1 fully saturated rings. The number of nitrogens with zero attached hydrogens (tertiary/aromatic N) is 1. The normalized spacial score (nSPS) is 17.0. The van der Waals surface area contributed by atoms with Crippen molar-refractivity contribution in [2.24, 2.45) is 5.92 Å². The van der Waals surface area contributed by atoms with Gasteiger partial charge in [0.15, 0.2) is 0 Å². The zero-order valence-electron chi connectivity index (χ0n) is 13.9.